The Morgan fingerprint density at radius 3 is 2.29 bits per heavy atom. The summed E-state index contributed by atoms with van der Waals surface area (Å²) in [5.41, 5.74) is 0.545. The Morgan fingerprint density at radius 1 is 1.12 bits per heavy atom. The van der Waals surface area contributed by atoms with Gasteiger partial charge in [0, 0.05) is 0 Å². The molecule has 0 saturated carbocycles. The van der Waals surface area contributed by atoms with Crippen molar-refractivity contribution in [1.82, 2.24) is 0 Å². The molecule has 88 valence electrons. The van der Waals surface area contributed by atoms with Crippen molar-refractivity contribution in [2.45, 2.75) is 18.6 Å². The molecule has 0 N–H and O–H groups in total. The van der Waals surface area contributed by atoms with E-state index in [1.807, 2.05) is 0 Å². The Bertz CT molecular complexity index is 491. The maximum absolute atomic E-state index is 11.4. The lowest BCUT2D eigenvalue weighted by Gasteiger charge is -2.26. The van der Waals surface area contributed by atoms with E-state index < -0.39 is 5.79 Å². The number of ether oxygens (including phenoxy) is 2. The summed E-state index contributed by atoms with van der Waals surface area (Å²) >= 11 is 6.08. The first-order valence-corrected chi connectivity index (χ1v) is 5.68. The first-order valence-electron chi connectivity index (χ1n) is 5.30. The molecule has 1 aromatic rings. The molecule has 0 amide bonds. The highest BCUT2D eigenvalue weighted by molar-refractivity contribution is 6.31. The number of hydrogen-bond donors (Lipinski definition) is 0. The van der Waals surface area contributed by atoms with Crippen LogP contribution in [0.4, 0.5) is 0 Å². The van der Waals surface area contributed by atoms with Crippen LogP contribution < -0.4 is 0 Å². The third kappa shape index (κ3) is 1.44. The van der Waals surface area contributed by atoms with E-state index in [0.29, 0.717) is 10.6 Å². The smallest absolute Gasteiger partial charge is 0.309 e. The molecule has 17 heavy (non-hydrogen) atoms. The van der Waals surface area contributed by atoms with E-state index in [-0.39, 0.29) is 30.7 Å². The molecule has 5 heteroatoms. The number of carbonyl (C=O) groups is 2. The van der Waals surface area contributed by atoms with Crippen molar-refractivity contribution in [3.63, 3.8) is 0 Å². The average molecular weight is 253 g/mol. The van der Waals surface area contributed by atoms with E-state index in [1.54, 1.807) is 24.3 Å². The summed E-state index contributed by atoms with van der Waals surface area (Å²) < 4.78 is 10.5. The van der Waals surface area contributed by atoms with Crippen LogP contribution in [0.25, 0.3) is 0 Å². The van der Waals surface area contributed by atoms with Crippen LogP contribution in [0.15, 0.2) is 24.3 Å². The van der Waals surface area contributed by atoms with Gasteiger partial charge in [-0.1, -0.05) is 23.7 Å². The van der Waals surface area contributed by atoms with Crippen LogP contribution in [-0.4, -0.2) is 11.9 Å². The average Bonchev–Trinajstić information content (AvgIpc) is 2.70. The number of halogens is 1. The van der Waals surface area contributed by atoms with Gasteiger partial charge in [-0.3, -0.25) is 9.59 Å². The van der Waals surface area contributed by atoms with Crippen LogP contribution in [0.2, 0.25) is 5.02 Å². The van der Waals surface area contributed by atoms with Gasteiger partial charge in [0.05, 0.1) is 29.3 Å². The zero-order chi connectivity index (χ0) is 12.0. The fourth-order valence-corrected chi connectivity index (χ4v) is 2.69. The number of fused-ring (bicyclic) bond motifs is 1. The van der Waals surface area contributed by atoms with E-state index in [4.69, 9.17) is 21.1 Å². The Kier molecular flexibility index (Phi) is 2.16. The first-order chi connectivity index (χ1) is 8.12. The highest BCUT2D eigenvalue weighted by Crippen LogP contribution is 2.50. The SMILES string of the molecule is O=C1CC2CC(=O)OC2(c2ccccc2Cl)O1. The van der Waals surface area contributed by atoms with Crippen LogP contribution in [-0.2, 0) is 24.8 Å². The van der Waals surface area contributed by atoms with Crippen molar-refractivity contribution in [3.8, 4) is 0 Å². The van der Waals surface area contributed by atoms with Gasteiger partial charge < -0.3 is 9.47 Å². The normalized spacial score (nSPS) is 31.0. The Hall–Kier alpha value is -1.55. The number of hydrogen-bond acceptors (Lipinski definition) is 4. The lowest BCUT2D eigenvalue weighted by molar-refractivity contribution is -0.210. The molecule has 0 aliphatic carbocycles. The first kappa shape index (κ1) is 10.6. The number of esters is 2. The molecule has 2 saturated heterocycles. The summed E-state index contributed by atoms with van der Waals surface area (Å²) in [6, 6.07) is 6.93. The zero-order valence-corrected chi connectivity index (χ0v) is 9.57. The van der Waals surface area contributed by atoms with Crippen molar-refractivity contribution in [2.75, 3.05) is 0 Å². The van der Waals surface area contributed by atoms with Crippen LogP contribution >= 0.6 is 11.6 Å². The van der Waals surface area contributed by atoms with Gasteiger partial charge in [0.15, 0.2) is 0 Å². The third-order valence-electron chi connectivity index (χ3n) is 3.14. The van der Waals surface area contributed by atoms with Gasteiger partial charge in [-0.15, -0.1) is 0 Å². The van der Waals surface area contributed by atoms with Gasteiger partial charge >= 0.3 is 11.9 Å². The summed E-state index contributed by atoms with van der Waals surface area (Å²) in [7, 11) is 0. The Labute approximate surface area is 102 Å². The largest absolute Gasteiger partial charge is 0.417 e. The molecule has 0 aromatic heterocycles. The van der Waals surface area contributed by atoms with Gasteiger partial charge in [-0.05, 0) is 12.1 Å². The summed E-state index contributed by atoms with van der Waals surface area (Å²) in [5.74, 6) is -2.29. The minimum Gasteiger partial charge on any atom is -0.417 e. The van der Waals surface area contributed by atoms with E-state index in [1.165, 1.54) is 0 Å². The van der Waals surface area contributed by atoms with Crippen molar-refractivity contribution >= 4 is 23.5 Å². The third-order valence-corrected chi connectivity index (χ3v) is 3.47. The predicted molar refractivity (Wildman–Crippen MR) is 58.0 cm³/mol. The van der Waals surface area contributed by atoms with Crippen LogP contribution in [0.1, 0.15) is 18.4 Å². The standard InChI is InChI=1S/C12H9ClO4/c13-9-4-2-1-3-8(9)12-7(5-10(14)16-12)6-11(15)17-12/h1-4,7H,5-6H2. The molecule has 2 heterocycles. The summed E-state index contributed by atoms with van der Waals surface area (Å²) in [4.78, 5) is 22.8. The minimum atomic E-state index is -1.30. The maximum Gasteiger partial charge on any atom is 0.309 e. The summed E-state index contributed by atoms with van der Waals surface area (Å²) in [5, 5.41) is 0.432. The highest BCUT2D eigenvalue weighted by atomic mass is 35.5. The molecule has 0 bridgehead atoms. The topological polar surface area (TPSA) is 52.6 Å². The summed E-state index contributed by atoms with van der Waals surface area (Å²) in [6.45, 7) is 0. The van der Waals surface area contributed by atoms with Crippen LogP contribution in [0.5, 0.6) is 0 Å². The molecule has 0 radical (unpaired) electrons. The van der Waals surface area contributed by atoms with E-state index >= 15 is 0 Å². The molecule has 2 fully saturated rings. The van der Waals surface area contributed by atoms with Gasteiger partial charge in [-0.25, -0.2) is 0 Å². The van der Waals surface area contributed by atoms with Gasteiger partial charge in [0.25, 0.3) is 5.79 Å². The maximum atomic E-state index is 11.4. The molecular formula is C12H9ClO4. The lowest BCUT2D eigenvalue weighted by Crippen LogP contribution is -2.31. The molecule has 0 spiro atoms. The summed E-state index contributed by atoms with van der Waals surface area (Å²) in [6.07, 6.45) is 0.383. The van der Waals surface area contributed by atoms with E-state index in [0.717, 1.165) is 0 Å². The predicted octanol–water partition coefficient (Wildman–Crippen LogP) is 2.00. The van der Waals surface area contributed by atoms with Gasteiger partial charge in [0.2, 0.25) is 0 Å². The lowest BCUT2D eigenvalue weighted by atomic mass is 9.91. The van der Waals surface area contributed by atoms with Crippen molar-refractivity contribution in [2.24, 2.45) is 5.92 Å². The van der Waals surface area contributed by atoms with Gasteiger partial charge in [0.1, 0.15) is 0 Å². The zero-order valence-electron chi connectivity index (χ0n) is 8.81. The van der Waals surface area contributed by atoms with Crippen LogP contribution in [0.3, 0.4) is 0 Å². The Balaban J connectivity index is 2.13. The molecule has 3 rings (SSSR count). The van der Waals surface area contributed by atoms with E-state index in [2.05, 4.69) is 0 Å². The second-order valence-electron chi connectivity index (χ2n) is 4.20. The number of benzene rings is 1. The minimum absolute atomic E-state index is 0.191. The molecule has 2 aliphatic heterocycles. The monoisotopic (exact) mass is 252 g/mol. The van der Waals surface area contributed by atoms with Crippen molar-refractivity contribution < 1.29 is 19.1 Å². The van der Waals surface area contributed by atoms with Crippen molar-refractivity contribution in [3.05, 3.63) is 34.9 Å². The quantitative estimate of drug-likeness (QED) is 0.718. The fourth-order valence-electron chi connectivity index (χ4n) is 2.43. The molecule has 1 aromatic carbocycles. The highest BCUT2D eigenvalue weighted by Gasteiger charge is 2.59. The molecule has 2 aliphatic rings. The number of rotatable bonds is 1. The van der Waals surface area contributed by atoms with Crippen molar-refractivity contribution in [1.29, 1.82) is 0 Å². The van der Waals surface area contributed by atoms with Gasteiger partial charge in [-0.2, -0.15) is 0 Å². The molecule has 4 nitrogen and oxygen atoms in total. The molecule has 0 unspecified atom stereocenters. The second-order valence-corrected chi connectivity index (χ2v) is 4.61. The number of carbonyl (C=O) groups excluding carboxylic acids is 2. The molecule has 0 atom stereocenters. The Morgan fingerprint density at radius 2 is 1.71 bits per heavy atom. The fraction of sp³-hybridized carbons (Fsp3) is 0.333. The molecular weight excluding hydrogens is 244 g/mol. The van der Waals surface area contributed by atoms with E-state index in [9.17, 15) is 9.59 Å². The second kappa shape index (κ2) is 3.47. The van der Waals surface area contributed by atoms with Crippen LogP contribution in [0, 0.1) is 5.92 Å².